The molecule has 216 valence electrons. The van der Waals surface area contributed by atoms with Crippen molar-refractivity contribution in [2.75, 3.05) is 5.32 Å². The number of nitrogens with one attached hydrogen (secondary N) is 2. The number of benzene rings is 2. The van der Waals surface area contributed by atoms with E-state index in [2.05, 4.69) is 36.0 Å². The molecular formula is C25H23ClF4N8O3. The molecule has 0 radical (unpaired) electrons. The minimum Gasteiger partial charge on any atom is -0.406 e. The molecule has 0 atom stereocenters. The molecule has 2 aromatic heterocycles. The smallest absolute Gasteiger partial charge is 0.406 e. The summed E-state index contributed by atoms with van der Waals surface area (Å²) >= 11 is 5.86. The first-order chi connectivity index (χ1) is 19.5. The largest absolute Gasteiger partial charge is 0.573 e. The van der Waals surface area contributed by atoms with Crippen molar-refractivity contribution >= 4 is 29.2 Å². The molecule has 0 aliphatic carbocycles. The Bertz CT molecular complexity index is 1510. The van der Waals surface area contributed by atoms with Crippen molar-refractivity contribution < 1.29 is 31.9 Å². The van der Waals surface area contributed by atoms with Gasteiger partial charge >= 0.3 is 6.36 Å². The number of aromatic nitrogens is 6. The Hall–Kier alpha value is -4.53. The van der Waals surface area contributed by atoms with Gasteiger partial charge in [0.05, 0.1) is 18.8 Å². The number of anilines is 1. The Morgan fingerprint density at radius 2 is 1.71 bits per heavy atom. The predicted molar refractivity (Wildman–Crippen MR) is 137 cm³/mol. The van der Waals surface area contributed by atoms with Crippen LogP contribution in [0, 0.1) is 5.82 Å². The first kappa shape index (κ1) is 29.5. The third kappa shape index (κ3) is 9.27. The number of rotatable bonds is 12. The highest BCUT2D eigenvalue weighted by Crippen LogP contribution is 2.23. The standard InChI is InChI=1S/C25H23ClF4N8O3/c26-18-6-7-20(27)17(12-18)13-31-24(40)21-14-37(35-33-21)8-1-2-9-38-15-22(34-36-38)32-23(39)11-16-4-3-5-19(10-16)41-25(28,29)30/h3-7,10,12,14-15H,1-2,8-9,11,13H2,(H,31,40)(H,32,39). The Labute approximate surface area is 235 Å². The second kappa shape index (κ2) is 13.2. The summed E-state index contributed by atoms with van der Waals surface area (Å²) in [7, 11) is 0. The fourth-order valence-corrected chi connectivity index (χ4v) is 3.89. The monoisotopic (exact) mass is 594 g/mol. The molecule has 0 saturated carbocycles. The minimum atomic E-state index is -4.82. The van der Waals surface area contributed by atoms with Crippen LogP contribution in [0.3, 0.4) is 0 Å². The van der Waals surface area contributed by atoms with Gasteiger partial charge in [0.2, 0.25) is 5.91 Å². The number of amides is 2. The van der Waals surface area contributed by atoms with Crippen LogP contribution in [-0.2, 0) is 30.8 Å². The van der Waals surface area contributed by atoms with E-state index in [0.717, 1.165) is 12.1 Å². The van der Waals surface area contributed by atoms with Gasteiger partial charge in [0.25, 0.3) is 5.91 Å². The number of unbranched alkanes of at least 4 members (excludes halogenated alkanes) is 1. The summed E-state index contributed by atoms with van der Waals surface area (Å²) in [5.74, 6) is -1.68. The van der Waals surface area contributed by atoms with Crippen LogP contribution >= 0.6 is 11.6 Å². The average Bonchev–Trinajstić information content (AvgIpc) is 3.56. The number of carbonyl (C=O) groups is 2. The number of halogens is 5. The van der Waals surface area contributed by atoms with E-state index in [1.165, 1.54) is 52.1 Å². The second-order valence-corrected chi connectivity index (χ2v) is 9.22. The lowest BCUT2D eigenvalue weighted by Gasteiger charge is -2.09. The highest BCUT2D eigenvalue weighted by atomic mass is 35.5. The first-order valence-corrected chi connectivity index (χ1v) is 12.6. The van der Waals surface area contributed by atoms with Crippen molar-refractivity contribution in [3.8, 4) is 5.75 Å². The molecule has 11 nitrogen and oxygen atoms in total. The van der Waals surface area contributed by atoms with Crippen LogP contribution in [-0.4, -0.2) is 48.2 Å². The zero-order valence-corrected chi connectivity index (χ0v) is 22.0. The number of ether oxygens (including phenoxy) is 1. The maximum absolute atomic E-state index is 13.8. The van der Waals surface area contributed by atoms with Crippen LogP contribution in [0.4, 0.5) is 23.4 Å². The van der Waals surface area contributed by atoms with Gasteiger partial charge in [-0.25, -0.2) is 4.39 Å². The Kier molecular flexibility index (Phi) is 9.49. The van der Waals surface area contributed by atoms with Gasteiger partial charge < -0.3 is 15.4 Å². The lowest BCUT2D eigenvalue weighted by Crippen LogP contribution is -2.23. The molecule has 0 unspecified atom stereocenters. The van der Waals surface area contributed by atoms with E-state index in [4.69, 9.17) is 11.6 Å². The number of hydrogen-bond donors (Lipinski definition) is 2. The van der Waals surface area contributed by atoms with E-state index in [1.807, 2.05) is 0 Å². The fourth-order valence-electron chi connectivity index (χ4n) is 3.69. The fraction of sp³-hybridized carbons (Fsp3) is 0.280. The topological polar surface area (TPSA) is 129 Å². The molecule has 0 aliphatic rings. The summed E-state index contributed by atoms with van der Waals surface area (Å²) < 4.78 is 57.9. The number of carbonyl (C=O) groups excluding carboxylic acids is 2. The molecule has 0 fully saturated rings. The van der Waals surface area contributed by atoms with Gasteiger partial charge in [0.15, 0.2) is 11.5 Å². The summed E-state index contributed by atoms with van der Waals surface area (Å²) in [5, 5.41) is 21.1. The van der Waals surface area contributed by atoms with E-state index in [9.17, 15) is 27.2 Å². The van der Waals surface area contributed by atoms with E-state index in [0.29, 0.717) is 36.5 Å². The highest BCUT2D eigenvalue weighted by molar-refractivity contribution is 6.30. The van der Waals surface area contributed by atoms with E-state index < -0.39 is 29.7 Å². The zero-order chi connectivity index (χ0) is 29.4. The molecule has 2 heterocycles. The molecule has 41 heavy (non-hydrogen) atoms. The molecule has 2 amide bonds. The molecule has 0 bridgehead atoms. The molecule has 2 N–H and O–H groups in total. The summed E-state index contributed by atoms with van der Waals surface area (Å²) in [5.41, 5.74) is 0.669. The minimum absolute atomic E-state index is 0.0530. The van der Waals surface area contributed by atoms with Gasteiger partial charge in [-0.15, -0.1) is 23.4 Å². The Morgan fingerprint density at radius 3 is 2.46 bits per heavy atom. The molecule has 0 saturated heterocycles. The van der Waals surface area contributed by atoms with Crippen molar-refractivity contribution in [3.05, 3.63) is 82.5 Å². The lowest BCUT2D eigenvalue weighted by molar-refractivity contribution is -0.274. The predicted octanol–water partition coefficient (Wildman–Crippen LogP) is 4.15. The summed E-state index contributed by atoms with van der Waals surface area (Å²) in [4.78, 5) is 24.6. The highest BCUT2D eigenvalue weighted by Gasteiger charge is 2.31. The van der Waals surface area contributed by atoms with Crippen molar-refractivity contribution in [1.82, 2.24) is 35.3 Å². The quantitative estimate of drug-likeness (QED) is 0.186. The maximum Gasteiger partial charge on any atom is 0.573 e. The molecule has 16 heteroatoms. The number of nitrogens with zero attached hydrogens (tertiary/aromatic N) is 6. The van der Waals surface area contributed by atoms with Crippen LogP contribution in [0.5, 0.6) is 5.75 Å². The number of alkyl halides is 3. The molecular weight excluding hydrogens is 572 g/mol. The maximum atomic E-state index is 13.8. The number of aryl methyl sites for hydroxylation is 2. The van der Waals surface area contributed by atoms with Crippen molar-refractivity contribution in [2.45, 2.75) is 45.3 Å². The molecule has 0 spiro atoms. The molecule has 0 aliphatic heterocycles. The second-order valence-electron chi connectivity index (χ2n) is 8.78. The molecule has 4 rings (SSSR count). The summed E-state index contributed by atoms with van der Waals surface area (Å²) in [6.07, 6.45) is -0.666. The van der Waals surface area contributed by atoms with Gasteiger partial charge in [-0.05, 0) is 48.7 Å². The van der Waals surface area contributed by atoms with Crippen LogP contribution in [0.2, 0.25) is 5.02 Å². The SMILES string of the molecule is O=C(Cc1cccc(OC(F)(F)F)c1)Nc1cn(CCCCn2cc(C(=O)NCc3cc(Cl)ccc3F)nn2)nn1. The van der Waals surface area contributed by atoms with E-state index in [1.54, 1.807) is 0 Å². The zero-order valence-electron chi connectivity index (χ0n) is 21.2. The third-order valence-corrected chi connectivity index (χ3v) is 5.78. The van der Waals surface area contributed by atoms with E-state index >= 15 is 0 Å². The molecule has 2 aromatic carbocycles. The lowest BCUT2D eigenvalue weighted by atomic mass is 10.1. The molecule has 4 aromatic rings. The van der Waals surface area contributed by atoms with Crippen LogP contribution < -0.4 is 15.4 Å². The summed E-state index contributed by atoms with van der Waals surface area (Å²) in [6, 6.07) is 9.22. The van der Waals surface area contributed by atoms with Gasteiger partial charge in [-0.2, -0.15) is 0 Å². The van der Waals surface area contributed by atoms with Gasteiger partial charge in [0, 0.05) is 30.2 Å². The third-order valence-electron chi connectivity index (χ3n) is 5.55. The van der Waals surface area contributed by atoms with Gasteiger partial charge in [-0.3, -0.25) is 19.0 Å². The Balaban J connectivity index is 1.17. The van der Waals surface area contributed by atoms with Gasteiger partial charge in [0.1, 0.15) is 11.6 Å². The van der Waals surface area contributed by atoms with E-state index in [-0.39, 0.29) is 30.0 Å². The first-order valence-electron chi connectivity index (χ1n) is 12.2. The number of hydrogen-bond acceptors (Lipinski definition) is 7. The normalized spacial score (nSPS) is 11.3. The summed E-state index contributed by atoms with van der Waals surface area (Å²) in [6.45, 7) is 0.897. The van der Waals surface area contributed by atoms with Crippen LogP contribution in [0.15, 0.2) is 54.9 Å². The van der Waals surface area contributed by atoms with Crippen molar-refractivity contribution in [2.24, 2.45) is 0 Å². The van der Waals surface area contributed by atoms with Crippen LogP contribution in [0.25, 0.3) is 0 Å². The average molecular weight is 595 g/mol. The Morgan fingerprint density at radius 1 is 0.976 bits per heavy atom. The van der Waals surface area contributed by atoms with Crippen molar-refractivity contribution in [3.63, 3.8) is 0 Å². The van der Waals surface area contributed by atoms with Crippen molar-refractivity contribution in [1.29, 1.82) is 0 Å². The van der Waals surface area contributed by atoms with Crippen LogP contribution in [0.1, 0.15) is 34.5 Å². The van der Waals surface area contributed by atoms with Gasteiger partial charge in [-0.1, -0.05) is 34.2 Å².